The zero-order chi connectivity index (χ0) is 13.2. The molecule has 0 aliphatic carbocycles. The quantitative estimate of drug-likeness (QED) is 0.585. The summed E-state index contributed by atoms with van der Waals surface area (Å²) in [5, 5.41) is 2.13. The molecule has 0 aromatic rings. The second-order valence-electron chi connectivity index (χ2n) is 3.66. The molecule has 0 aromatic heterocycles. The monoisotopic (exact) mass is 258 g/mol. The van der Waals surface area contributed by atoms with Gasteiger partial charge in [-0.2, -0.15) is 4.90 Å². The number of nitrogens with one attached hydrogen (secondary N) is 1. The number of amides is 3. The van der Waals surface area contributed by atoms with Crippen molar-refractivity contribution < 1.29 is 19.1 Å². The van der Waals surface area contributed by atoms with Crippen molar-refractivity contribution >= 4 is 35.2 Å². The van der Waals surface area contributed by atoms with Crippen LogP contribution in [-0.4, -0.2) is 35.0 Å². The molecule has 1 fully saturated rings. The highest BCUT2D eigenvalue weighted by Crippen LogP contribution is 2.32. The number of hydrogen-bond acceptors (Lipinski definition) is 5. The minimum Gasteiger partial charge on any atom is -0.452 e. The molecule has 1 aliphatic rings. The molecule has 3 amide bonds. The van der Waals surface area contributed by atoms with E-state index in [9.17, 15) is 14.4 Å². The van der Waals surface area contributed by atoms with Crippen molar-refractivity contribution in [3.05, 3.63) is 0 Å². The average molecular weight is 258 g/mol. The summed E-state index contributed by atoms with van der Waals surface area (Å²) in [5.74, 6) is -1.08. The van der Waals surface area contributed by atoms with Gasteiger partial charge in [-0.15, -0.1) is 0 Å². The number of hydrogen-bond donors (Lipinski definition) is 1. The molecule has 0 atom stereocenters. The van der Waals surface area contributed by atoms with Crippen LogP contribution < -0.4 is 5.32 Å². The summed E-state index contributed by atoms with van der Waals surface area (Å²) in [6, 6.07) is 0. The van der Waals surface area contributed by atoms with Gasteiger partial charge in [0.2, 0.25) is 5.91 Å². The van der Waals surface area contributed by atoms with Gasteiger partial charge in [0.1, 0.15) is 5.41 Å². The first-order valence-corrected chi connectivity index (χ1v) is 5.63. The number of thiocarbonyl (C=S) groups is 1. The number of rotatable bonds is 2. The van der Waals surface area contributed by atoms with Gasteiger partial charge < -0.3 is 10.1 Å². The largest absolute Gasteiger partial charge is 0.452 e. The number of carbonyl (C=O) groups excluding carboxylic acids is 3. The van der Waals surface area contributed by atoms with Crippen LogP contribution in [0.25, 0.3) is 0 Å². The SMILES string of the molecule is CCC1(CC)C(=O)NC(=S)N(C(=O)OC)C1=O. The lowest BCUT2D eigenvalue weighted by atomic mass is 9.79. The third-order valence-corrected chi connectivity index (χ3v) is 3.32. The fourth-order valence-corrected chi connectivity index (χ4v) is 2.06. The van der Waals surface area contributed by atoms with Gasteiger partial charge in [0.25, 0.3) is 5.91 Å². The molecule has 17 heavy (non-hydrogen) atoms. The first-order valence-electron chi connectivity index (χ1n) is 5.22. The van der Waals surface area contributed by atoms with Crippen molar-refractivity contribution in [1.29, 1.82) is 0 Å². The first kappa shape index (κ1) is 13.6. The Balaban J connectivity index is 3.20. The zero-order valence-electron chi connectivity index (χ0n) is 9.90. The predicted molar refractivity (Wildman–Crippen MR) is 63.0 cm³/mol. The lowest BCUT2D eigenvalue weighted by molar-refractivity contribution is -0.149. The van der Waals surface area contributed by atoms with E-state index in [-0.39, 0.29) is 5.11 Å². The van der Waals surface area contributed by atoms with Gasteiger partial charge in [0.05, 0.1) is 7.11 Å². The van der Waals surface area contributed by atoms with Crippen molar-refractivity contribution in [2.24, 2.45) is 5.41 Å². The molecule has 1 N–H and O–H groups in total. The van der Waals surface area contributed by atoms with Crippen LogP contribution in [0.3, 0.4) is 0 Å². The minimum atomic E-state index is -1.24. The van der Waals surface area contributed by atoms with Crippen molar-refractivity contribution in [2.75, 3.05) is 7.11 Å². The number of nitrogens with zero attached hydrogens (tertiary/aromatic N) is 1. The molecule has 0 aromatic carbocycles. The van der Waals surface area contributed by atoms with E-state index in [1.807, 2.05) is 0 Å². The Morgan fingerprint density at radius 1 is 1.41 bits per heavy atom. The van der Waals surface area contributed by atoms with Crippen LogP contribution in [0.4, 0.5) is 4.79 Å². The first-order chi connectivity index (χ1) is 7.94. The summed E-state index contributed by atoms with van der Waals surface area (Å²) >= 11 is 4.79. The molecule has 94 valence electrons. The van der Waals surface area contributed by atoms with E-state index in [0.29, 0.717) is 17.7 Å². The molecule has 7 heteroatoms. The lowest BCUT2D eigenvalue weighted by Crippen LogP contribution is -2.64. The van der Waals surface area contributed by atoms with E-state index in [1.165, 1.54) is 0 Å². The second kappa shape index (κ2) is 4.79. The molecule has 1 saturated heterocycles. The fourth-order valence-electron chi connectivity index (χ4n) is 1.81. The molecule has 1 rings (SSSR count). The zero-order valence-corrected chi connectivity index (χ0v) is 10.7. The van der Waals surface area contributed by atoms with E-state index < -0.39 is 23.3 Å². The van der Waals surface area contributed by atoms with Gasteiger partial charge in [-0.05, 0) is 25.1 Å². The van der Waals surface area contributed by atoms with E-state index in [0.717, 1.165) is 7.11 Å². The Labute approximate surface area is 104 Å². The maximum Gasteiger partial charge on any atom is 0.422 e. The van der Waals surface area contributed by atoms with Crippen LogP contribution in [-0.2, 0) is 14.3 Å². The molecule has 1 heterocycles. The van der Waals surface area contributed by atoms with E-state index in [4.69, 9.17) is 12.2 Å². The smallest absolute Gasteiger partial charge is 0.422 e. The highest BCUT2D eigenvalue weighted by molar-refractivity contribution is 7.80. The Bertz CT molecular complexity index is 390. The van der Waals surface area contributed by atoms with Crippen LogP contribution in [0.15, 0.2) is 0 Å². The Hall–Kier alpha value is -1.50. The van der Waals surface area contributed by atoms with Gasteiger partial charge in [-0.1, -0.05) is 13.8 Å². The van der Waals surface area contributed by atoms with Crippen LogP contribution in [0.2, 0.25) is 0 Å². The lowest BCUT2D eigenvalue weighted by Gasteiger charge is -2.37. The van der Waals surface area contributed by atoms with Gasteiger partial charge in [0.15, 0.2) is 5.11 Å². The fraction of sp³-hybridized carbons (Fsp3) is 0.600. The van der Waals surface area contributed by atoms with Gasteiger partial charge >= 0.3 is 6.09 Å². The van der Waals surface area contributed by atoms with Crippen molar-refractivity contribution in [3.8, 4) is 0 Å². The highest BCUT2D eigenvalue weighted by atomic mass is 32.1. The van der Waals surface area contributed by atoms with E-state index in [1.54, 1.807) is 13.8 Å². The third-order valence-electron chi connectivity index (χ3n) is 3.03. The Kier molecular flexibility index (Phi) is 3.82. The van der Waals surface area contributed by atoms with E-state index in [2.05, 4.69) is 10.1 Å². The molecule has 0 spiro atoms. The molecule has 0 bridgehead atoms. The molecule has 0 unspecified atom stereocenters. The van der Waals surface area contributed by atoms with Crippen LogP contribution in [0.5, 0.6) is 0 Å². The molecule has 1 aliphatic heterocycles. The standard InChI is InChI=1S/C10H14N2O4S/c1-4-10(5-2)6(13)11-8(17)12(7(10)14)9(15)16-3/h4-5H2,1-3H3,(H,11,13,17). The number of imide groups is 1. The van der Waals surface area contributed by atoms with Crippen molar-refractivity contribution in [3.63, 3.8) is 0 Å². The van der Waals surface area contributed by atoms with Crippen LogP contribution in [0.1, 0.15) is 26.7 Å². The molecular weight excluding hydrogens is 244 g/mol. The predicted octanol–water partition coefficient (Wildman–Crippen LogP) is 0.802. The Morgan fingerprint density at radius 2 is 1.94 bits per heavy atom. The highest BCUT2D eigenvalue weighted by Gasteiger charge is 2.52. The van der Waals surface area contributed by atoms with Crippen LogP contribution in [0, 0.1) is 5.41 Å². The molecule has 0 saturated carbocycles. The summed E-state index contributed by atoms with van der Waals surface area (Å²) in [6.45, 7) is 3.43. The topological polar surface area (TPSA) is 75.7 Å². The second-order valence-corrected chi connectivity index (χ2v) is 4.05. The summed E-state index contributed by atoms with van der Waals surface area (Å²) in [7, 11) is 1.15. The minimum absolute atomic E-state index is 0.232. The van der Waals surface area contributed by atoms with Gasteiger partial charge in [-0.25, -0.2) is 4.79 Å². The third kappa shape index (κ3) is 1.90. The van der Waals surface area contributed by atoms with Crippen molar-refractivity contribution in [1.82, 2.24) is 10.2 Å². The summed E-state index contributed by atoms with van der Waals surface area (Å²) < 4.78 is 4.48. The molecule has 6 nitrogen and oxygen atoms in total. The number of ether oxygens (including phenoxy) is 1. The van der Waals surface area contributed by atoms with Crippen LogP contribution >= 0.6 is 12.2 Å². The van der Waals surface area contributed by atoms with Gasteiger partial charge in [-0.3, -0.25) is 9.59 Å². The number of carbonyl (C=O) groups is 3. The van der Waals surface area contributed by atoms with Gasteiger partial charge in [0, 0.05) is 0 Å². The summed E-state index contributed by atoms with van der Waals surface area (Å²) in [6.07, 6.45) is -0.291. The van der Waals surface area contributed by atoms with E-state index >= 15 is 0 Å². The molecule has 0 radical (unpaired) electrons. The Morgan fingerprint density at radius 3 is 2.35 bits per heavy atom. The number of methoxy groups -OCH3 is 1. The maximum absolute atomic E-state index is 12.2. The summed E-state index contributed by atoms with van der Waals surface area (Å²) in [4.78, 5) is 36.2. The average Bonchev–Trinajstić information content (AvgIpc) is 2.30. The summed E-state index contributed by atoms with van der Waals surface area (Å²) in [5.41, 5.74) is -1.24. The normalized spacial score (nSPS) is 19.0. The maximum atomic E-state index is 12.2. The van der Waals surface area contributed by atoms with Crippen molar-refractivity contribution in [2.45, 2.75) is 26.7 Å². The molecular formula is C10H14N2O4S.